The number of ether oxygens (including phenoxy) is 2. The van der Waals surface area contributed by atoms with Crippen LogP contribution in [0, 0.1) is 0 Å². The largest absolute Gasteiger partial charge is 0.507 e. The van der Waals surface area contributed by atoms with E-state index >= 15 is 0 Å². The number of carboxylic acids is 1. The number of methoxy groups -OCH3 is 2. The molecule has 0 radical (unpaired) electrons. The Morgan fingerprint density at radius 3 is 2.31 bits per heavy atom. The number of hydrogen-bond donors (Lipinski definition) is 4. The quantitative estimate of drug-likeness (QED) is 0.224. The van der Waals surface area contributed by atoms with Gasteiger partial charge in [-0.25, -0.2) is 4.79 Å². The van der Waals surface area contributed by atoms with Gasteiger partial charge in [0.15, 0.2) is 11.5 Å². The Morgan fingerprint density at radius 2 is 1.64 bits per heavy atom. The molecule has 3 rings (SSSR count). The SMILES string of the molecule is CCC(Sc1cccc(NC(=O)c2ccc(OC)c(OC)c2)c1)C(=O)Nc1ccc(O)c(C(=O)O)c1. The summed E-state index contributed by atoms with van der Waals surface area (Å²) in [4.78, 5) is 37.6. The predicted molar refractivity (Wildman–Crippen MR) is 138 cm³/mol. The maximum Gasteiger partial charge on any atom is 0.339 e. The fourth-order valence-corrected chi connectivity index (χ4v) is 4.34. The Morgan fingerprint density at radius 1 is 0.917 bits per heavy atom. The minimum absolute atomic E-state index is 0.269. The molecule has 10 heteroatoms. The van der Waals surface area contributed by atoms with Gasteiger partial charge in [-0.3, -0.25) is 9.59 Å². The normalized spacial score (nSPS) is 11.3. The van der Waals surface area contributed by atoms with E-state index in [-0.39, 0.29) is 28.8 Å². The zero-order chi connectivity index (χ0) is 26.2. The van der Waals surface area contributed by atoms with Crippen LogP contribution >= 0.6 is 11.8 Å². The molecule has 0 saturated heterocycles. The van der Waals surface area contributed by atoms with Crippen LogP contribution in [0.3, 0.4) is 0 Å². The number of thioether (sulfide) groups is 1. The number of phenols is 1. The van der Waals surface area contributed by atoms with Crippen molar-refractivity contribution in [2.45, 2.75) is 23.5 Å². The van der Waals surface area contributed by atoms with Gasteiger partial charge in [0.2, 0.25) is 5.91 Å². The van der Waals surface area contributed by atoms with E-state index in [1.807, 2.05) is 13.0 Å². The maximum atomic E-state index is 12.8. The van der Waals surface area contributed by atoms with Crippen molar-refractivity contribution in [2.75, 3.05) is 24.9 Å². The van der Waals surface area contributed by atoms with Gasteiger partial charge in [0.25, 0.3) is 5.91 Å². The van der Waals surface area contributed by atoms with Crippen LogP contribution in [0.2, 0.25) is 0 Å². The highest BCUT2D eigenvalue weighted by molar-refractivity contribution is 8.00. The van der Waals surface area contributed by atoms with Crippen LogP contribution in [0.15, 0.2) is 65.6 Å². The first kappa shape index (κ1) is 26.4. The third-order valence-corrected chi connectivity index (χ3v) is 6.53. The van der Waals surface area contributed by atoms with Crippen molar-refractivity contribution < 1.29 is 34.1 Å². The van der Waals surface area contributed by atoms with Gasteiger partial charge in [0, 0.05) is 21.8 Å². The number of benzene rings is 3. The van der Waals surface area contributed by atoms with Crippen LogP contribution in [0.25, 0.3) is 0 Å². The first-order chi connectivity index (χ1) is 17.2. The fourth-order valence-electron chi connectivity index (χ4n) is 3.32. The molecule has 0 aliphatic rings. The number of carbonyl (C=O) groups is 3. The Labute approximate surface area is 212 Å². The van der Waals surface area contributed by atoms with Crippen molar-refractivity contribution in [1.82, 2.24) is 0 Å². The second-order valence-corrected chi connectivity index (χ2v) is 8.87. The molecule has 2 amide bonds. The van der Waals surface area contributed by atoms with Crippen LogP contribution in [0.4, 0.5) is 11.4 Å². The molecule has 0 fully saturated rings. The van der Waals surface area contributed by atoms with Crippen molar-refractivity contribution in [3.8, 4) is 17.2 Å². The number of hydrogen-bond acceptors (Lipinski definition) is 7. The van der Waals surface area contributed by atoms with Gasteiger partial charge >= 0.3 is 5.97 Å². The maximum absolute atomic E-state index is 12.8. The molecule has 0 saturated carbocycles. The van der Waals surface area contributed by atoms with Crippen LogP contribution in [0.1, 0.15) is 34.1 Å². The van der Waals surface area contributed by atoms with E-state index in [1.165, 1.54) is 44.2 Å². The number of aromatic carboxylic acids is 1. The molecule has 4 N–H and O–H groups in total. The van der Waals surface area contributed by atoms with Crippen LogP contribution in [-0.2, 0) is 4.79 Å². The molecule has 9 nitrogen and oxygen atoms in total. The standard InChI is InChI=1S/C26H26N2O7S/c1-4-23(25(31)28-17-9-10-20(29)19(14-17)26(32)33)36-18-7-5-6-16(13-18)27-24(30)15-8-11-21(34-2)22(12-15)35-3/h5-14,23,29H,4H2,1-3H3,(H,27,30)(H,28,31)(H,32,33). The van der Waals surface area contributed by atoms with E-state index in [0.717, 1.165) is 4.90 Å². The Balaban J connectivity index is 1.69. The molecular formula is C26H26N2O7S. The summed E-state index contributed by atoms with van der Waals surface area (Å²) in [6.07, 6.45) is 0.503. The molecule has 0 aliphatic heterocycles. The lowest BCUT2D eigenvalue weighted by Gasteiger charge is -2.16. The number of anilines is 2. The summed E-state index contributed by atoms with van der Waals surface area (Å²) in [5, 5.41) is 23.9. The van der Waals surface area contributed by atoms with Crippen molar-refractivity contribution >= 4 is 40.9 Å². The number of aromatic hydroxyl groups is 1. The van der Waals surface area contributed by atoms with E-state index in [4.69, 9.17) is 14.6 Å². The van der Waals surface area contributed by atoms with Crippen molar-refractivity contribution in [3.05, 3.63) is 71.8 Å². The van der Waals surface area contributed by atoms with E-state index in [2.05, 4.69) is 10.6 Å². The van der Waals surface area contributed by atoms with Gasteiger partial charge in [-0.2, -0.15) is 0 Å². The van der Waals surface area contributed by atoms with E-state index in [9.17, 15) is 19.5 Å². The molecule has 0 aromatic heterocycles. The Bertz CT molecular complexity index is 1280. The van der Waals surface area contributed by atoms with Crippen molar-refractivity contribution in [1.29, 1.82) is 0 Å². The van der Waals surface area contributed by atoms with Crippen molar-refractivity contribution in [2.24, 2.45) is 0 Å². The van der Waals surface area contributed by atoms with Gasteiger partial charge in [-0.05, 0) is 61.0 Å². The fraction of sp³-hybridized carbons (Fsp3) is 0.192. The lowest BCUT2D eigenvalue weighted by atomic mass is 10.1. The third kappa shape index (κ3) is 6.48. The molecule has 1 atom stereocenters. The summed E-state index contributed by atoms with van der Waals surface area (Å²) in [7, 11) is 3.01. The number of carboxylic acid groups (broad SMARTS) is 1. The molecule has 0 aliphatic carbocycles. The zero-order valence-corrected chi connectivity index (χ0v) is 20.7. The lowest BCUT2D eigenvalue weighted by molar-refractivity contribution is -0.115. The number of rotatable bonds is 10. The van der Waals surface area contributed by atoms with Crippen molar-refractivity contribution in [3.63, 3.8) is 0 Å². The lowest BCUT2D eigenvalue weighted by Crippen LogP contribution is -2.24. The molecule has 36 heavy (non-hydrogen) atoms. The number of amides is 2. The van der Waals surface area contributed by atoms with Crippen LogP contribution in [-0.4, -0.2) is 47.5 Å². The molecule has 0 bridgehead atoms. The minimum atomic E-state index is -1.29. The number of carbonyl (C=O) groups excluding carboxylic acids is 2. The molecule has 3 aromatic rings. The van der Waals surface area contributed by atoms with E-state index in [1.54, 1.807) is 36.4 Å². The molecule has 0 spiro atoms. The summed E-state index contributed by atoms with van der Waals surface area (Å²) in [5.41, 5.74) is 0.919. The summed E-state index contributed by atoms with van der Waals surface area (Å²) in [6, 6.07) is 15.8. The predicted octanol–water partition coefficient (Wildman–Crippen LogP) is 4.87. The van der Waals surface area contributed by atoms with Gasteiger partial charge < -0.3 is 30.3 Å². The van der Waals surface area contributed by atoms with Crippen LogP contribution in [0.5, 0.6) is 17.2 Å². The first-order valence-corrected chi connectivity index (χ1v) is 11.8. The molecular weight excluding hydrogens is 484 g/mol. The summed E-state index contributed by atoms with van der Waals surface area (Å²) < 4.78 is 10.5. The Hall–Kier alpha value is -4.18. The molecule has 3 aromatic carbocycles. The third-order valence-electron chi connectivity index (χ3n) is 5.17. The zero-order valence-electron chi connectivity index (χ0n) is 19.9. The monoisotopic (exact) mass is 510 g/mol. The topological polar surface area (TPSA) is 134 Å². The van der Waals surface area contributed by atoms with Gasteiger partial charge in [0.1, 0.15) is 11.3 Å². The molecule has 188 valence electrons. The summed E-state index contributed by atoms with van der Waals surface area (Å²) in [5.74, 6) is -1.36. The average molecular weight is 511 g/mol. The second-order valence-electron chi connectivity index (χ2n) is 7.59. The summed E-state index contributed by atoms with van der Waals surface area (Å²) >= 11 is 1.31. The molecule has 0 heterocycles. The highest BCUT2D eigenvalue weighted by Crippen LogP contribution is 2.31. The smallest absolute Gasteiger partial charge is 0.339 e. The molecule has 1 unspecified atom stereocenters. The van der Waals surface area contributed by atoms with E-state index < -0.39 is 11.2 Å². The number of nitrogens with one attached hydrogen (secondary N) is 2. The van der Waals surface area contributed by atoms with Gasteiger partial charge in [0.05, 0.1) is 19.5 Å². The average Bonchev–Trinajstić information content (AvgIpc) is 2.87. The highest BCUT2D eigenvalue weighted by atomic mass is 32.2. The van der Waals surface area contributed by atoms with Crippen LogP contribution < -0.4 is 20.1 Å². The van der Waals surface area contributed by atoms with Gasteiger partial charge in [-0.15, -0.1) is 11.8 Å². The van der Waals surface area contributed by atoms with Gasteiger partial charge in [-0.1, -0.05) is 13.0 Å². The Kier molecular flexibility index (Phi) is 8.80. The second kappa shape index (κ2) is 12.0. The summed E-state index contributed by atoms with van der Waals surface area (Å²) in [6.45, 7) is 1.86. The van der Waals surface area contributed by atoms with E-state index in [0.29, 0.717) is 29.2 Å². The first-order valence-electron chi connectivity index (χ1n) is 10.9. The highest BCUT2D eigenvalue weighted by Gasteiger charge is 2.20. The minimum Gasteiger partial charge on any atom is -0.507 e.